The predicted molar refractivity (Wildman–Crippen MR) is 232 cm³/mol. The van der Waals surface area contributed by atoms with E-state index < -0.39 is 23.8 Å². The minimum absolute atomic E-state index is 0.0729. The number of nitrogens with zero attached hydrogens (tertiary/aromatic N) is 3. The van der Waals surface area contributed by atoms with Gasteiger partial charge in [-0.1, -0.05) is 78.7 Å². The van der Waals surface area contributed by atoms with Gasteiger partial charge in [0.2, 0.25) is 5.79 Å². The maximum absolute atomic E-state index is 14.5. The first-order valence-corrected chi connectivity index (χ1v) is 21.4. The van der Waals surface area contributed by atoms with Crippen LogP contribution in [0.4, 0.5) is 4.79 Å². The summed E-state index contributed by atoms with van der Waals surface area (Å²) in [7, 11) is 1.55. The summed E-state index contributed by atoms with van der Waals surface area (Å²) < 4.78 is 26.8. The van der Waals surface area contributed by atoms with Gasteiger partial charge in [0, 0.05) is 36.8 Å². The van der Waals surface area contributed by atoms with Gasteiger partial charge in [-0.05, 0) is 104 Å². The van der Waals surface area contributed by atoms with E-state index in [1.807, 2.05) is 68.4 Å². The van der Waals surface area contributed by atoms with Gasteiger partial charge in [-0.25, -0.2) is 4.79 Å². The summed E-state index contributed by atoms with van der Waals surface area (Å²) in [5.74, 6) is -0.553. The number of hydrogen-bond acceptors (Lipinski definition) is 10. The van der Waals surface area contributed by atoms with Crippen LogP contribution in [0.3, 0.4) is 0 Å². The highest BCUT2D eigenvalue weighted by Crippen LogP contribution is 2.62. The largest absolute Gasteiger partial charge is 0.487 e. The number of carbonyl (C=O) groups is 1. The van der Waals surface area contributed by atoms with Gasteiger partial charge in [-0.2, -0.15) is 0 Å². The van der Waals surface area contributed by atoms with Crippen molar-refractivity contribution in [3.63, 3.8) is 0 Å². The lowest BCUT2D eigenvalue weighted by Crippen LogP contribution is -2.70. The second-order valence-corrected chi connectivity index (χ2v) is 16.0. The molecule has 60 heavy (non-hydrogen) atoms. The van der Waals surface area contributed by atoms with E-state index in [0.29, 0.717) is 36.7 Å². The molecule has 0 radical (unpaired) electrons. The molecule has 6 atom stereocenters. The van der Waals surface area contributed by atoms with Crippen LogP contribution in [0.2, 0.25) is 0 Å². The standard InChI is InChI=1S/C49H59N3O8/c1-5-27-59-49-45(52(48(55)57-6-2)31-36-19-14-18-34-16-7-8-21-39(34)36)30-43(51-56-4)41-28-35(17-9-11-25-53)40(22-10-12-26-54)46(47(41)49)42-29-38(23-24-44(42)60-49)58-32-37-20-13-15-33(3)50-37/h5,7-8,13-16,18-21,23-24,28-29,35,40,45-47,53-54H,1,6,9-12,17,22,25-27,30-32H2,2-4H3. The third kappa shape index (κ3) is 8.94. The van der Waals surface area contributed by atoms with E-state index >= 15 is 0 Å². The molecule has 11 heteroatoms. The molecule has 1 saturated carbocycles. The maximum Gasteiger partial charge on any atom is 0.410 e. The second kappa shape index (κ2) is 19.9. The first-order valence-electron chi connectivity index (χ1n) is 21.4. The van der Waals surface area contributed by atoms with Crippen molar-refractivity contribution in [3.8, 4) is 11.5 Å². The fraction of sp³-hybridized carbons (Fsp3) is 0.449. The van der Waals surface area contributed by atoms with E-state index in [4.69, 9.17) is 28.9 Å². The van der Waals surface area contributed by atoms with Crippen LogP contribution in [0, 0.1) is 24.7 Å². The first-order chi connectivity index (χ1) is 29.3. The SMILES string of the molecule is C=CCOC12Oc3ccc(OCc4cccc(C)n4)cc3C3C(CCCCO)C(CCCCO)C=C(C(=NOC)CC1N(Cc1cccc4ccccc14)C(=O)OCC)C32. The number of aromatic nitrogens is 1. The highest BCUT2D eigenvalue weighted by Gasteiger charge is 2.65. The number of fused-ring (bicyclic) bond motifs is 3. The van der Waals surface area contributed by atoms with Crippen LogP contribution in [-0.2, 0) is 27.5 Å². The number of oxime groups is 1. The number of aliphatic hydroxyl groups is 2. The van der Waals surface area contributed by atoms with Gasteiger partial charge in [0.15, 0.2) is 0 Å². The van der Waals surface area contributed by atoms with Crippen LogP contribution in [0.5, 0.6) is 11.5 Å². The van der Waals surface area contributed by atoms with Crippen molar-refractivity contribution in [1.29, 1.82) is 0 Å². The molecule has 318 valence electrons. The quantitative estimate of drug-likeness (QED) is 0.0541. The monoisotopic (exact) mass is 817 g/mol. The van der Waals surface area contributed by atoms with Crippen molar-refractivity contribution in [1.82, 2.24) is 9.88 Å². The number of benzene rings is 3. The molecule has 2 N–H and O–H groups in total. The zero-order valence-electron chi connectivity index (χ0n) is 35.1. The van der Waals surface area contributed by atoms with Crippen LogP contribution < -0.4 is 9.47 Å². The van der Waals surface area contributed by atoms with Crippen molar-refractivity contribution in [2.45, 2.75) is 89.7 Å². The average molecular weight is 818 g/mol. The summed E-state index contributed by atoms with van der Waals surface area (Å²) >= 11 is 0. The lowest BCUT2D eigenvalue weighted by atomic mass is 9.55. The van der Waals surface area contributed by atoms with E-state index in [2.05, 4.69) is 41.9 Å². The minimum Gasteiger partial charge on any atom is -0.487 e. The van der Waals surface area contributed by atoms with Crippen molar-refractivity contribution in [3.05, 3.63) is 126 Å². The van der Waals surface area contributed by atoms with Crippen molar-refractivity contribution < 1.29 is 38.8 Å². The Bertz CT molecular complexity index is 2170. The molecule has 6 unspecified atom stereocenters. The van der Waals surface area contributed by atoms with Gasteiger partial charge in [-0.15, -0.1) is 6.58 Å². The zero-order chi connectivity index (χ0) is 42.1. The molecule has 4 aromatic rings. The fourth-order valence-electron chi connectivity index (χ4n) is 9.81. The molecule has 3 aromatic carbocycles. The highest BCUT2D eigenvalue weighted by molar-refractivity contribution is 6.03. The number of carbonyl (C=O) groups excluding carboxylic acids is 1. The summed E-state index contributed by atoms with van der Waals surface area (Å²) in [6.07, 6.45) is 8.52. The van der Waals surface area contributed by atoms with Gasteiger partial charge in [0.25, 0.3) is 0 Å². The molecular formula is C49H59N3O8. The summed E-state index contributed by atoms with van der Waals surface area (Å²) in [5, 5.41) is 26.6. The fourth-order valence-corrected chi connectivity index (χ4v) is 9.81. The number of hydrogen-bond donors (Lipinski definition) is 2. The van der Waals surface area contributed by atoms with E-state index in [-0.39, 0.29) is 57.1 Å². The summed E-state index contributed by atoms with van der Waals surface area (Å²) in [6.45, 7) is 8.90. The number of aliphatic hydroxyl groups excluding tert-OH is 2. The predicted octanol–water partition coefficient (Wildman–Crippen LogP) is 9.04. The van der Waals surface area contributed by atoms with Crippen LogP contribution in [0.1, 0.15) is 80.3 Å². The Balaban J connectivity index is 1.43. The number of amides is 1. The van der Waals surface area contributed by atoms with Gasteiger partial charge in [-0.3, -0.25) is 9.88 Å². The van der Waals surface area contributed by atoms with E-state index in [1.54, 1.807) is 18.1 Å². The van der Waals surface area contributed by atoms with Crippen LogP contribution in [-0.4, -0.2) is 77.3 Å². The number of pyridine rings is 1. The number of rotatable bonds is 19. The molecule has 1 fully saturated rings. The summed E-state index contributed by atoms with van der Waals surface area (Å²) in [6, 6.07) is 25.4. The van der Waals surface area contributed by atoms with Crippen molar-refractivity contribution >= 4 is 22.6 Å². The molecule has 2 heterocycles. The Morgan fingerprint density at radius 3 is 2.57 bits per heavy atom. The molecule has 0 saturated heterocycles. The van der Waals surface area contributed by atoms with Crippen LogP contribution in [0.25, 0.3) is 10.8 Å². The molecule has 1 aliphatic heterocycles. The number of unbranched alkanes of at least 4 members (excludes halogenated alkanes) is 2. The maximum atomic E-state index is 14.5. The van der Waals surface area contributed by atoms with Crippen LogP contribution >= 0.6 is 0 Å². The van der Waals surface area contributed by atoms with Gasteiger partial charge in [0.05, 0.1) is 37.1 Å². The number of aryl methyl sites for hydroxylation is 1. The summed E-state index contributed by atoms with van der Waals surface area (Å²) in [4.78, 5) is 26.6. The normalized spacial score (nSPS) is 23.5. The van der Waals surface area contributed by atoms with E-state index in [0.717, 1.165) is 64.5 Å². The lowest BCUT2D eigenvalue weighted by Gasteiger charge is -2.59. The first kappa shape index (κ1) is 42.9. The Morgan fingerprint density at radius 1 is 1.02 bits per heavy atom. The Labute approximate surface area is 353 Å². The molecule has 0 spiro atoms. The van der Waals surface area contributed by atoms with Gasteiger partial charge >= 0.3 is 6.09 Å². The third-order valence-electron chi connectivity index (χ3n) is 12.3. The topological polar surface area (TPSA) is 132 Å². The summed E-state index contributed by atoms with van der Waals surface area (Å²) in [5.41, 5.74) is 5.36. The molecule has 1 amide bonds. The Kier molecular flexibility index (Phi) is 14.2. The zero-order valence-corrected chi connectivity index (χ0v) is 35.1. The Hall–Kier alpha value is -5.23. The van der Waals surface area contributed by atoms with Crippen molar-refractivity contribution in [2.75, 3.05) is 33.5 Å². The van der Waals surface area contributed by atoms with Gasteiger partial charge < -0.3 is 34.0 Å². The molecule has 7 rings (SSSR count). The second-order valence-electron chi connectivity index (χ2n) is 16.0. The molecule has 1 aromatic heterocycles. The number of ether oxygens (including phenoxy) is 4. The van der Waals surface area contributed by atoms with E-state index in [9.17, 15) is 15.0 Å². The molecule has 11 nitrogen and oxygen atoms in total. The van der Waals surface area contributed by atoms with Gasteiger partial charge in [0.1, 0.15) is 31.3 Å². The number of allylic oxidation sites excluding steroid dienone is 1. The third-order valence-corrected chi connectivity index (χ3v) is 12.3. The minimum atomic E-state index is -1.42. The van der Waals surface area contributed by atoms with E-state index in [1.165, 1.54) is 0 Å². The molecule has 0 bridgehead atoms. The lowest BCUT2D eigenvalue weighted by molar-refractivity contribution is -0.256. The van der Waals surface area contributed by atoms with Crippen LogP contribution in [0.15, 0.2) is 108 Å². The Morgan fingerprint density at radius 2 is 1.80 bits per heavy atom. The van der Waals surface area contributed by atoms with Crippen molar-refractivity contribution in [2.24, 2.45) is 22.9 Å². The smallest absolute Gasteiger partial charge is 0.410 e. The molecule has 2 aliphatic carbocycles. The molecular weight excluding hydrogens is 759 g/mol. The molecule has 3 aliphatic rings. The highest BCUT2D eigenvalue weighted by atomic mass is 16.7. The average Bonchev–Trinajstić information content (AvgIpc) is 3.26.